The molecular weight excluding hydrogens is 372 g/mol. The Morgan fingerprint density at radius 1 is 1.21 bits per heavy atom. The molecule has 7 heteroatoms. The molecule has 7 nitrogen and oxygen atoms in total. The van der Waals surface area contributed by atoms with E-state index in [1.165, 1.54) is 6.42 Å². The van der Waals surface area contributed by atoms with Gasteiger partial charge in [-0.3, -0.25) is 4.79 Å². The Balaban J connectivity index is 2.20. The minimum Gasteiger partial charge on any atom is -0.481 e. The number of carbonyl (C=O) groups is 1. The van der Waals surface area contributed by atoms with Crippen LogP contribution in [0, 0.1) is 5.92 Å². The van der Waals surface area contributed by atoms with E-state index in [2.05, 4.69) is 10.6 Å². The zero-order valence-corrected chi connectivity index (χ0v) is 18.4. The number of carboxylic acids is 1. The van der Waals surface area contributed by atoms with Crippen molar-refractivity contribution in [3.05, 3.63) is 0 Å². The van der Waals surface area contributed by atoms with Crippen molar-refractivity contribution in [1.82, 2.24) is 10.6 Å². The predicted octanol–water partition coefficient (Wildman–Crippen LogP) is 2.03. The van der Waals surface area contributed by atoms with Crippen molar-refractivity contribution in [2.24, 2.45) is 5.92 Å². The first kappa shape index (κ1) is 26.3. The van der Waals surface area contributed by atoms with Crippen LogP contribution >= 0.6 is 0 Å². The molecule has 1 aliphatic rings. The summed E-state index contributed by atoms with van der Waals surface area (Å²) in [7, 11) is 0. The fourth-order valence-corrected chi connectivity index (χ4v) is 4.27. The Hall–Kier alpha value is -0.730. The van der Waals surface area contributed by atoms with Gasteiger partial charge in [-0.05, 0) is 57.9 Å². The van der Waals surface area contributed by atoms with E-state index in [4.69, 9.17) is 5.11 Å². The van der Waals surface area contributed by atoms with Gasteiger partial charge >= 0.3 is 5.97 Å². The van der Waals surface area contributed by atoms with Gasteiger partial charge in [-0.25, -0.2) is 0 Å². The van der Waals surface area contributed by atoms with Gasteiger partial charge in [0.1, 0.15) is 0 Å². The molecule has 1 rings (SSSR count). The summed E-state index contributed by atoms with van der Waals surface area (Å²) < 4.78 is 0. The number of rotatable bonds is 16. The SMILES string of the molecule is CCNC[C@@](O)(CC[C@H](CO)CCCCCC[C@@H]1CC[C@@H](O)[C@H](C)N1)CC(=O)O. The van der Waals surface area contributed by atoms with Crippen LogP contribution in [0.15, 0.2) is 0 Å². The number of piperidine rings is 1. The standard InChI is InChI=1S/C22H44N2O5/c1-3-23-16-22(29,14-21(27)28)13-12-18(15-25)8-6-4-5-7-9-19-10-11-20(26)17(2)24-19/h17-20,23-26,29H,3-16H2,1-2H3,(H,27,28)/t17-,18+,19+,20+,22+/m0/s1. The largest absolute Gasteiger partial charge is 0.481 e. The van der Waals surface area contributed by atoms with Crippen molar-refractivity contribution < 1.29 is 25.2 Å². The average Bonchev–Trinajstić information content (AvgIpc) is 2.67. The normalized spacial score (nSPS) is 25.5. The Kier molecular flexibility index (Phi) is 13.0. The molecule has 0 unspecified atom stereocenters. The molecule has 0 amide bonds. The summed E-state index contributed by atoms with van der Waals surface area (Å²) in [4.78, 5) is 11.1. The lowest BCUT2D eigenvalue weighted by molar-refractivity contribution is -0.142. The molecule has 0 aliphatic carbocycles. The number of carboxylic acid groups (broad SMARTS) is 1. The summed E-state index contributed by atoms with van der Waals surface area (Å²) in [5, 5.41) is 45.6. The molecule has 1 saturated heterocycles. The minimum absolute atomic E-state index is 0.0799. The van der Waals surface area contributed by atoms with E-state index in [1.54, 1.807) is 0 Å². The molecule has 1 heterocycles. The van der Waals surface area contributed by atoms with Crippen molar-refractivity contribution >= 4 is 5.97 Å². The third-order valence-electron chi connectivity index (χ3n) is 6.26. The van der Waals surface area contributed by atoms with Crippen molar-refractivity contribution in [3.8, 4) is 0 Å². The van der Waals surface area contributed by atoms with Gasteiger partial charge in [-0.15, -0.1) is 0 Å². The highest BCUT2D eigenvalue weighted by Gasteiger charge is 2.30. The molecule has 0 spiro atoms. The van der Waals surface area contributed by atoms with E-state index < -0.39 is 11.6 Å². The van der Waals surface area contributed by atoms with Crippen LogP contribution < -0.4 is 10.6 Å². The summed E-state index contributed by atoms with van der Waals surface area (Å²) in [6, 6.07) is 0.702. The van der Waals surface area contributed by atoms with Crippen LogP contribution in [-0.2, 0) is 4.79 Å². The van der Waals surface area contributed by atoms with Crippen LogP contribution in [0.5, 0.6) is 0 Å². The quantitative estimate of drug-likeness (QED) is 0.213. The molecule has 0 saturated carbocycles. The van der Waals surface area contributed by atoms with E-state index in [0.717, 1.165) is 44.9 Å². The predicted molar refractivity (Wildman–Crippen MR) is 115 cm³/mol. The lowest BCUT2D eigenvalue weighted by atomic mass is 9.87. The second-order valence-corrected chi connectivity index (χ2v) is 8.95. The van der Waals surface area contributed by atoms with Gasteiger partial charge < -0.3 is 31.1 Å². The molecule has 0 aromatic carbocycles. The van der Waals surface area contributed by atoms with Crippen molar-refractivity contribution in [2.75, 3.05) is 19.7 Å². The van der Waals surface area contributed by atoms with Gasteiger partial charge in [0.25, 0.3) is 0 Å². The van der Waals surface area contributed by atoms with Gasteiger partial charge in [0, 0.05) is 25.2 Å². The monoisotopic (exact) mass is 416 g/mol. The Labute approximate surface area is 176 Å². The zero-order valence-electron chi connectivity index (χ0n) is 18.4. The fourth-order valence-electron chi connectivity index (χ4n) is 4.27. The maximum absolute atomic E-state index is 11.1. The maximum Gasteiger partial charge on any atom is 0.306 e. The highest BCUT2D eigenvalue weighted by atomic mass is 16.4. The molecular formula is C22H44N2O5. The molecule has 5 atom stereocenters. The number of aliphatic carboxylic acids is 1. The number of aliphatic hydroxyl groups is 3. The second-order valence-electron chi connectivity index (χ2n) is 8.95. The van der Waals surface area contributed by atoms with Gasteiger partial charge in [0.15, 0.2) is 0 Å². The van der Waals surface area contributed by atoms with Crippen molar-refractivity contribution in [1.29, 1.82) is 0 Å². The molecule has 0 radical (unpaired) electrons. The van der Waals surface area contributed by atoms with E-state index in [-0.39, 0.29) is 37.6 Å². The molecule has 0 aromatic rings. The molecule has 6 N–H and O–H groups in total. The molecule has 29 heavy (non-hydrogen) atoms. The summed E-state index contributed by atoms with van der Waals surface area (Å²) in [5.41, 5.74) is -1.26. The highest BCUT2D eigenvalue weighted by molar-refractivity contribution is 5.68. The highest BCUT2D eigenvalue weighted by Crippen LogP contribution is 2.24. The van der Waals surface area contributed by atoms with E-state index >= 15 is 0 Å². The Morgan fingerprint density at radius 2 is 1.93 bits per heavy atom. The third kappa shape index (κ3) is 11.3. The lowest BCUT2D eigenvalue weighted by Gasteiger charge is -2.32. The molecule has 1 fully saturated rings. The Morgan fingerprint density at radius 3 is 2.55 bits per heavy atom. The van der Waals surface area contributed by atoms with E-state index in [1.807, 2.05) is 13.8 Å². The van der Waals surface area contributed by atoms with Gasteiger partial charge in [0.2, 0.25) is 0 Å². The fraction of sp³-hybridized carbons (Fsp3) is 0.955. The number of hydrogen-bond acceptors (Lipinski definition) is 6. The Bertz CT molecular complexity index is 451. The van der Waals surface area contributed by atoms with Crippen LogP contribution in [0.3, 0.4) is 0 Å². The summed E-state index contributed by atoms with van der Waals surface area (Å²) in [6.07, 6.45) is 9.02. The molecule has 0 aromatic heterocycles. The number of unbranched alkanes of at least 4 members (excludes halogenated alkanes) is 3. The van der Waals surface area contributed by atoms with E-state index in [9.17, 15) is 20.1 Å². The first-order chi connectivity index (χ1) is 13.8. The number of likely N-dealkylation sites (N-methyl/N-ethyl adjacent to an activating group) is 1. The van der Waals surface area contributed by atoms with Gasteiger partial charge in [-0.2, -0.15) is 0 Å². The third-order valence-corrected chi connectivity index (χ3v) is 6.26. The maximum atomic E-state index is 11.1. The number of aliphatic hydroxyl groups excluding tert-OH is 2. The summed E-state index contributed by atoms with van der Waals surface area (Å²) >= 11 is 0. The smallest absolute Gasteiger partial charge is 0.306 e. The molecule has 172 valence electrons. The van der Waals surface area contributed by atoms with Crippen molar-refractivity contribution in [3.63, 3.8) is 0 Å². The number of nitrogens with one attached hydrogen (secondary N) is 2. The lowest BCUT2D eigenvalue weighted by Crippen LogP contribution is -2.48. The first-order valence-corrected chi connectivity index (χ1v) is 11.5. The summed E-state index contributed by atoms with van der Waals surface area (Å²) in [5.74, 6) is -0.887. The van der Waals surface area contributed by atoms with E-state index in [0.29, 0.717) is 25.4 Å². The zero-order chi connectivity index (χ0) is 21.7. The van der Waals surface area contributed by atoms with Crippen LogP contribution in [0.1, 0.15) is 84.5 Å². The topological polar surface area (TPSA) is 122 Å². The van der Waals surface area contributed by atoms with Crippen molar-refractivity contribution in [2.45, 2.75) is 108 Å². The van der Waals surface area contributed by atoms with Crippen LogP contribution in [0.4, 0.5) is 0 Å². The minimum atomic E-state index is -1.26. The van der Waals surface area contributed by atoms with Crippen LogP contribution in [-0.4, -0.2) is 69.9 Å². The average molecular weight is 417 g/mol. The van der Waals surface area contributed by atoms with Crippen LogP contribution in [0.2, 0.25) is 0 Å². The number of hydrogen-bond donors (Lipinski definition) is 6. The van der Waals surface area contributed by atoms with Gasteiger partial charge in [-0.1, -0.05) is 32.6 Å². The first-order valence-electron chi connectivity index (χ1n) is 11.5. The molecule has 1 aliphatic heterocycles. The van der Waals surface area contributed by atoms with Crippen LogP contribution in [0.25, 0.3) is 0 Å². The van der Waals surface area contributed by atoms with Gasteiger partial charge in [0.05, 0.1) is 18.1 Å². The second kappa shape index (κ2) is 14.3. The summed E-state index contributed by atoms with van der Waals surface area (Å²) in [6.45, 7) is 4.99. The molecule has 0 bridgehead atoms.